The van der Waals surface area contributed by atoms with Crippen molar-refractivity contribution < 1.29 is 18.4 Å². The van der Waals surface area contributed by atoms with Crippen LogP contribution in [0.2, 0.25) is 0 Å². The molecule has 0 atom stereocenters. The number of aromatic nitrogens is 1. The van der Waals surface area contributed by atoms with E-state index in [4.69, 9.17) is 15.7 Å². The third-order valence-corrected chi connectivity index (χ3v) is 4.15. The Hall–Kier alpha value is -3.59. The van der Waals surface area contributed by atoms with E-state index in [1.165, 1.54) is 12.1 Å². The van der Waals surface area contributed by atoms with Crippen molar-refractivity contribution in [1.29, 1.82) is 0 Å². The van der Waals surface area contributed by atoms with E-state index in [0.717, 1.165) is 5.56 Å². The number of halogens is 1. The minimum absolute atomic E-state index is 0.226. The standard InChI is InChI=1S/C22H19FN2O3/c1-3-14-27-19-10-4-16(5-11-19)12-13-24-22(26)20-15(2)28-25-21(20)17-6-8-18(23)9-7-17/h1,4-11H,12-14H2,2H3,(H,24,26). The highest BCUT2D eigenvalue weighted by Gasteiger charge is 2.21. The van der Waals surface area contributed by atoms with Gasteiger partial charge in [-0.05, 0) is 55.3 Å². The Balaban J connectivity index is 1.62. The first kappa shape index (κ1) is 19.2. The highest BCUT2D eigenvalue weighted by Crippen LogP contribution is 2.25. The Morgan fingerprint density at radius 2 is 1.93 bits per heavy atom. The second kappa shape index (κ2) is 8.87. The van der Waals surface area contributed by atoms with E-state index in [9.17, 15) is 9.18 Å². The second-order valence-corrected chi connectivity index (χ2v) is 6.11. The van der Waals surface area contributed by atoms with Gasteiger partial charge in [0.2, 0.25) is 0 Å². The molecule has 5 nitrogen and oxygen atoms in total. The number of rotatable bonds is 7. The number of nitrogens with one attached hydrogen (secondary N) is 1. The molecule has 1 N–H and O–H groups in total. The predicted octanol–water partition coefficient (Wildman–Crippen LogP) is 3.77. The zero-order valence-corrected chi connectivity index (χ0v) is 15.4. The maximum absolute atomic E-state index is 13.1. The normalized spacial score (nSPS) is 10.3. The van der Waals surface area contributed by atoms with Crippen molar-refractivity contribution in [3.05, 3.63) is 71.2 Å². The highest BCUT2D eigenvalue weighted by atomic mass is 19.1. The lowest BCUT2D eigenvalue weighted by Crippen LogP contribution is -2.26. The van der Waals surface area contributed by atoms with Crippen LogP contribution in [0.15, 0.2) is 53.1 Å². The molecule has 142 valence electrons. The van der Waals surface area contributed by atoms with Crippen molar-refractivity contribution in [2.75, 3.05) is 13.2 Å². The van der Waals surface area contributed by atoms with Gasteiger partial charge < -0.3 is 14.6 Å². The summed E-state index contributed by atoms with van der Waals surface area (Å²) >= 11 is 0. The second-order valence-electron chi connectivity index (χ2n) is 6.11. The number of ether oxygens (including phenoxy) is 1. The lowest BCUT2D eigenvalue weighted by atomic mass is 10.1. The zero-order valence-electron chi connectivity index (χ0n) is 15.4. The van der Waals surface area contributed by atoms with Crippen LogP contribution in [0.3, 0.4) is 0 Å². The van der Waals surface area contributed by atoms with E-state index >= 15 is 0 Å². The SMILES string of the molecule is C#CCOc1ccc(CCNC(=O)c2c(-c3ccc(F)cc3)noc2C)cc1. The van der Waals surface area contributed by atoms with Gasteiger partial charge in [0.25, 0.3) is 5.91 Å². The average molecular weight is 378 g/mol. The summed E-state index contributed by atoms with van der Waals surface area (Å²) in [7, 11) is 0. The number of benzene rings is 2. The summed E-state index contributed by atoms with van der Waals surface area (Å²) < 4.78 is 23.7. The van der Waals surface area contributed by atoms with Crippen molar-refractivity contribution in [3.63, 3.8) is 0 Å². The van der Waals surface area contributed by atoms with Gasteiger partial charge in [0.15, 0.2) is 0 Å². The fourth-order valence-electron chi connectivity index (χ4n) is 2.73. The van der Waals surface area contributed by atoms with E-state index in [2.05, 4.69) is 16.4 Å². The number of hydrogen-bond acceptors (Lipinski definition) is 4. The maximum Gasteiger partial charge on any atom is 0.257 e. The third-order valence-electron chi connectivity index (χ3n) is 4.15. The van der Waals surface area contributed by atoms with E-state index < -0.39 is 0 Å². The quantitative estimate of drug-likeness (QED) is 0.636. The summed E-state index contributed by atoms with van der Waals surface area (Å²) in [5.74, 6) is 2.89. The summed E-state index contributed by atoms with van der Waals surface area (Å²) in [6, 6.07) is 13.3. The number of terminal acetylenes is 1. The summed E-state index contributed by atoms with van der Waals surface area (Å²) in [4.78, 5) is 12.6. The predicted molar refractivity (Wildman–Crippen MR) is 103 cm³/mol. The largest absolute Gasteiger partial charge is 0.481 e. The Morgan fingerprint density at radius 1 is 1.21 bits per heavy atom. The van der Waals surface area contributed by atoms with Gasteiger partial charge >= 0.3 is 0 Å². The number of amides is 1. The average Bonchev–Trinajstić information content (AvgIpc) is 3.09. The van der Waals surface area contributed by atoms with Crippen LogP contribution in [0.5, 0.6) is 5.75 Å². The molecule has 0 aliphatic rings. The Kier molecular flexibility index (Phi) is 6.07. The molecular weight excluding hydrogens is 359 g/mol. The van der Waals surface area contributed by atoms with Crippen molar-refractivity contribution in [2.45, 2.75) is 13.3 Å². The van der Waals surface area contributed by atoms with E-state index in [1.807, 2.05) is 24.3 Å². The monoisotopic (exact) mass is 378 g/mol. The van der Waals surface area contributed by atoms with E-state index in [-0.39, 0.29) is 18.3 Å². The van der Waals surface area contributed by atoms with Crippen molar-refractivity contribution in [1.82, 2.24) is 10.5 Å². The Morgan fingerprint density at radius 3 is 2.61 bits per heavy atom. The number of carbonyl (C=O) groups excluding carboxylic acids is 1. The molecule has 0 spiro atoms. The zero-order chi connectivity index (χ0) is 19.9. The molecule has 0 aliphatic carbocycles. The summed E-state index contributed by atoms with van der Waals surface area (Å²) in [5.41, 5.74) is 2.41. The van der Waals surface area contributed by atoms with Gasteiger partial charge in [-0.15, -0.1) is 6.42 Å². The highest BCUT2D eigenvalue weighted by molar-refractivity contribution is 6.00. The lowest BCUT2D eigenvalue weighted by Gasteiger charge is -2.07. The number of nitrogens with zero attached hydrogens (tertiary/aromatic N) is 1. The number of aryl methyl sites for hydroxylation is 1. The Labute approximate surface area is 162 Å². The van der Waals surface area contributed by atoms with Gasteiger partial charge in [-0.2, -0.15) is 0 Å². The third kappa shape index (κ3) is 4.57. The van der Waals surface area contributed by atoms with Gasteiger partial charge in [0, 0.05) is 12.1 Å². The first-order chi connectivity index (χ1) is 13.6. The molecule has 0 saturated carbocycles. The van der Waals surface area contributed by atoms with E-state index in [0.29, 0.717) is 41.3 Å². The first-order valence-electron chi connectivity index (χ1n) is 8.74. The molecule has 1 heterocycles. The molecule has 0 fully saturated rings. The first-order valence-corrected chi connectivity index (χ1v) is 8.74. The minimum atomic E-state index is -0.356. The van der Waals surface area contributed by atoms with Gasteiger partial charge in [-0.1, -0.05) is 23.2 Å². The van der Waals surface area contributed by atoms with Gasteiger partial charge in [0.05, 0.1) is 0 Å². The van der Waals surface area contributed by atoms with Crippen molar-refractivity contribution in [2.24, 2.45) is 0 Å². The summed E-state index contributed by atoms with van der Waals surface area (Å²) in [6.07, 6.45) is 5.81. The van der Waals surface area contributed by atoms with Crippen LogP contribution in [0.25, 0.3) is 11.3 Å². The molecule has 0 unspecified atom stereocenters. The molecule has 0 radical (unpaired) electrons. The molecule has 28 heavy (non-hydrogen) atoms. The molecular formula is C22H19FN2O3. The number of carbonyl (C=O) groups is 1. The summed E-state index contributed by atoms with van der Waals surface area (Å²) in [5, 5.41) is 6.82. The topological polar surface area (TPSA) is 64.4 Å². The molecule has 1 amide bonds. The van der Waals surface area contributed by atoms with Gasteiger partial charge in [-0.25, -0.2) is 4.39 Å². The molecule has 0 bridgehead atoms. The summed E-state index contributed by atoms with van der Waals surface area (Å²) in [6.45, 7) is 2.34. The Bertz CT molecular complexity index is 986. The molecule has 6 heteroatoms. The van der Waals surface area contributed by atoms with Crippen molar-refractivity contribution >= 4 is 5.91 Å². The molecule has 1 aromatic heterocycles. The fourth-order valence-corrected chi connectivity index (χ4v) is 2.73. The van der Waals surface area contributed by atoms with Crippen LogP contribution in [-0.2, 0) is 6.42 Å². The van der Waals surface area contributed by atoms with Gasteiger partial charge in [-0.3, -0.25) is 4.79 Å². The molecule has 3 aromatic rings. The molecule has 3 rings (SSSR count). The van der Waals surface area contributed by atoms with Crippen molar-refractivity contribution in [3.8, 4) is 29.4 Å². The minimum Gasteiger partial charge on any atom is -0.481 e. The van der Waals surface area contributed by atoms with Crippen LogP contribution in [0.1, 0.15) is 21.7 Å². The van der Waals surface area contributed by atoms with Crippen LogP contribution in [0, 0.1) is 25.1 Å². The molecule has 0 saturated heterocycles. The van der Waals surface area contributed by atoms with Gasteiger partial charge in [0.1, 0.15) is 35.2 Å². The smallest absolute Gasteiger partial charge is 0.257 e. The molecule has 2 aromatic carbocycles. The number of hydrogen-bond donors (Lipinski definition) is 1. The molecule has 0 aliphatic heterocycles. The van der Waals surface area contributed by atoms with Crippen LogP contribution < -0.4 is 10.1 Å². The lowest BCUT2D eigenvalue weighted by molar-refractivity contribution is 0.0953. The maximum atomic E-state index is 13.1. The fraction of sp³-hybridized carbons (Fsp3) is 0.182. The van der Waals surface area contributed by atoms with E-state index in [1.54, 1.807) is 19.1 Å². The van der Waals surface area contributed by atoms with Crippen LogP contribution >= 0.6 is 0 Å². The van der Waals surface area contributed by atoms with Crippen LogP contribution in [-0.4, -0.2) is 24.2 Å². The van der Waals surface area contributed by atoms with Crippen LogP contribution in [0.4, 0.5) is 4.39 Å².